The summed E-state index contributed by atoms with van der Waals surface area (Å²) in [4.78, 5) is 25.5. The first-order valence-electron chi connectivity index (χ1n) is 8.40. The van der Waals surface area contributed by atoms with Crippen molar-refractivity contribution in [3.63, 3.8) is 0 Å². The van der Waals surface area contributed by atoms with E-state index < -0.39 is 6.09 Å². The number of amides is 3. The van der Waals surface area contributed by atoms with Crippen LogP contribution < -0.4 is 15.5 Å². The van der Waals surface area contributed by atoms with Crippen LogP contribution in [0.2, 0.25) is 5.02 Å². The van der Waals surface area contributed by atoms with Crippen LogP contribution in [0.3, 0.4) is 0 Å². The van der Waals surface area contributed by atoms with Crippen molar-refractivity contribution in [3.05, 3.63) is 29.3 Å². The van der Waals surface area contributed by atoms with Crippen LogP contribution >= 0.6 is 11.6 Å². The van der Waals surface area contributed by atoms with Crippen LogP contribution in [-0.2, 0) is 4.74 Å². The van der Waals surface area contributed by atoms with Crippen LogP contribution in [0.5, 0.6) is 0 Å². The van der Waals surface area contributed by atoms with E-state index in [-0.39, 0.29) is 18.2 Å². The maximum absolute atomic E-state index is 12.0. The zero-order valence-corrected chi connectivity index (χ0v) is 14.2. The van der Waals surface area contributed by atoms with Gasteiger partial charge >= 0.3 is 12.1 Å². The highest BCUT2D eigenvalue weighted by Gasteiger charge is 2.32. The van der Waals surface area contributed by atoms with Gasteiger partial charge in [-0.3, -0.25) is 4.90 Å². The van der Waals surface area contributed by atoms with E-state index in [0.29, 0.717) is 18.1 Å². The fraction of sp³-hybridized carbons (Fsp3) is 0.529. The Morgan fingerprint density at radius 3 is 2.62 bits per heavy atom. The van der Waals surface area contributed by atoms with Crippen molar-refractivity contribution in [2.24, 2.45) is 0 Å². The molecule has 1 aliphatic carbocycles. The van der Waals surface area contributed by atoms with Crippen LogP contribution in [0.1, 0.15) is 32.1 Å². The van der Waals surface area contributed by atoms with E-state index >= 15 is 0 Å². The molecule has 2 aliphatic rings. The molecule has 1 aliphatic heterocycles. The van der Waals surface area contributed by atoms with Gasteiger partial charge in [-0.25, -0.2) is 9.59 Å². The lowest BCUT2D eigenvalue weighted by Gasteiger charge is -2.23. The molecule has 1 saturated carbocycles. The highest BCUT2D eigenvalue weighted by Crippen LogP contribution is 2.23. The van der Waals surface area contributed by atoms with Crippen molar-refractivity contribution >= 4 is 29.4 Å². The molecule has 7 heteroatoms. The number of rotatable bonds is 4. The Labute approximate surface area is 146 Å². The molecular formula is C17H22ClN3O3. The molecule has 2 N–H and O–H groups in total. The van der Waals surface area contributed by atoms with Gasteiger partial charge in [0, 0.05) is 16.8 Å². The lowest BCUT2D eigenvalue weighted by atomic mass is 9.96. The van der Waals surface area contributed by atoms with Gasteiger partial charge in [0.15, 0.2) is 0 Å². The van der Waals surface area contributed by atoms with Gasteiger partial charge in [0.1, 0.15) is 6.10 Å². The number of hydrogen-bond acceptors (Lipinski definition) is 3. The Morgan fingerprint density at radius 1 is 1.21 bits per heavy atom. The molecule has 2 fully saturated rings. The van der Waals surface area contributed by atoms with Crippen molar-refractivity contribution in [2.75, 3.05) is 18.0 Å². The molecule has 1 aromatic rings. The first-order valence-corrected chi connectivity index (χ1v) is 8.78. The summed E-state index contributed by atoms with van der Waals surface area (Å²) < 4.78 is 5.31. The Bertz CT molecular complexity index is 587. The Kier molecular flexibility index (Phi) is 5.45. The lowest BCUT2D eigenvalue weighted by molar-refractivity contribution is 0.140. The van der Waals surface area contributed by atoms with Crippen molar-refractivity contribution in [3.8, 4) is 0 Å². The third-order valence-electron chi connectivity index (χ3n) is 4.44. The number of carbonyl (C=O) groups is 2. The molecule has 1 atom stereocenters. The SMILES string of the molecule is O=C(NCC1CN(c2ccc(Cl)cc2)C(=O)O1)NC1CCCCC1. The van der Waals surface area contributed by atoms with Gasteiger partial charge in [-0.05, 0) is 37.1 Å². The van der Waals surface area contributed by atoms with Crippen molar-refractivity contribution in [1.29, 1.82) is 0 Å². The fourth-order valence-electron chi connectivity index (χ4n) is 3.15. The number of cyclic esters (lactones) is 1. The maximum Gasteiger partial charge on any atom is 0.414 e. The predicted molar refractivity (Wildman–Crippen MR) is 92.5 cm³/mol. The summed E-state index contributed by atoms with van der Waals surface area (Å²) in [5, 5.41) is 6.40. The molecule has 0 radical (unpaired) electrons. The van der Waals surface area contributed by atoms with Crippen LogP contribution in [0.25, 0.3) is 0 Å². The van der Waals surface area contributed by atoms with E-state index in [9.17, 15) is 9.59 Å². The zero-order chi connectivity index (χ0) is 16.9. The number of anilines is 1. The molecule has 6 nitrogen and oxygen atoms in total. The van der Waals surface area contributed by atoms with E-state index in [1.54, 1.807) is 29.2 Å². The number of urea groups is 1. The minimum absolute atomic E-state index is 0.192. The monoisotopic (exact) mass is 351 g/mol. The van der Waals surface area contributed by atoms with E-state index in [4.69, 9.17) is 16.3 Å². The van der Waals surface area contributed by atoms with E-state index in [2.05, 4.69) is 10.6 Å². The number of hydrogen-bond donors (Lipinski definition) is 2. The van der Waals surface area contributed by atoms with Gasteiger partial charge < -0.3 is 15.4 Å². The van der Waals surface area contributed by atoms with Gasteiger partial charge in [-0.2, -0.15) is 0 Å². The summed E-state index contributed by atoms with van der Waals surface area (Å²) in [7, 11) is 0. The summed E-state index contributed by atoms with van der Waals surface area (Å²) in [6.45, 7) is 0.707. The Hall–Kier alpha value is -1.95. The summed E-state index contributed by atoms with van der Waals surface area (Å²) in [5.74, 6) is 0. The summed E-state index contributed by atoms with van der Waals surface area (Å²) >= 11 is 5.86. The van der Waals surface area contributed by atoms with Crippen LogP contribution in [-0.4, -0.2) is 37.4 Å². The minimum Gasteiger partial charge on any atom is -0.442 e. The van der Waals surface area contributed by atoms with Gasteiger partial charge in [-0.15, -0.1) is 0 Å². The van der Waals surface area contributed by atoms with E-state index in [0.717, 1.165) is 18.5 Å². The van der Waals surface area contributed by atoms with Gasteiger partial charge in [0.05, 0.1) is 13.1 Å². The van der Waals surface area contributed by atoms with Gasteiger partial charge in [0.25, 0.3) is 0 Å². The second-order valence-electron chi connectivity index (χ2n) is 6.28. The Balaban J connectivity index is 1.45. The molecule has 0 aromatic heterocycles. The maximum atomic E-state index is 12.0. The number of nitrogens with zero attached hydrogens (tertiary/aromatic N) is 1. The van der Waals surface area contributed by atoms with Gasteiger partial charge in [0.2, 0.25) is 0 Å². The fourth-order valence-corrected chi connectivity index (χ4v) is 3.28. The number of nitrogens with one attached hydrogen (secondary N) is 2. The zero-order valence-electron chi connectivity index (χ0n) is 13.5. The van der Waals surface area contributed by atoms with Crippen LogP contribution in [0.4, 0.5) is 15.3 Å². The predicted octanol–water partition coefficient (Wildman–Crippen LogP) is 3.30. The average Bonchev–Trinajstić information content (AvgIpc) is 2.95. The number of halogens is 1. The number of carbonyl (C=O) groups excluding carboxylic acids is 2. The summed E-state index contributed by atoms with van der Waals surface area (Å²) in [6.07, 6.45) is 4.90. The molecule has 0 bridgehead atoms. The molecule has 1 unspecified atom stereocenters. The Morgan fingerprint density at radius 2 is 1.92 bits per heavy atom. The largest absolute Gasteiger partial charge is 0.442 e. The van der Waals surface area contributed by atoms with Crippen LogP contribution in [0, 0.1) is 0 Å². The van der Waals surface area contributed by atoms with Crippen molar-refractivity contribution < 1.29 is 14.3 Å². The standard InChI is InChI=1S/C17H22ClN3O3/c18-12-6-8-14(9-7-12)21-11-15(24-17(21)23)10-19-16(22)20-13-4-2-1-3-5-13/h6-9,13,15H,1-5,10-11H2,(H2,19,20,22). The van der Waals surface area contributed by atoms with Crippen molar-refractivity contribution in [1.82, 2.24) is 10.6 Å². The number of ether oxygens (including phenoxy) is 1. The normalized spacial score (nSPS) is 21.5. The van der Waals surface area contributed by atoms with E-state index in [1.807, 2.05) is 0 Å². The molecule has 24 heavy (non-hydrogen) atoms. The van der Waals surface area contributed by atoms with Crippen molar-refractivity contribution in [2.45, 2.75) is 44.2 Å². The topological polar surface area (TPSA) is 70.7 Å². The second kappa shape index (κ2) is 7.75. The summed E-state index contributed by atoms with van der Waals surface area (Å²) in [5.41, 5.74) is 0.735. The molecule has 1 heterocycles. The summed E-state index contributed by atoms with van der Waals surface area (Å²) in [6, 6.07) is 7.07. The third kappa shape index (κ3) is 4.32. The first-order chi connectivity index (χ1) is 11.6. The minimum atomic E-state index is -0.406. The molecule has 3 rings (SSSR count). The van der Waals surface area contributed by atoms with E-state index in [1.165, 1.54) is 19.3 Å². The second-order valence-corrected chi connectivity index (χ2v) is 6.72. The quantitative estimate of drug-likeness (QED) is 0.874. The highest BCUT2D eigenvalue weighted by atomic mass is 35.5. The highest BCUT2D eigenvalue weighted by molar-refractivity contribution is 6.30. The lowest BCUT2D eigenvalue weighted by Crippen LogP contribution is -2.45. The number of benzene rings is 1. The molecule has 1 aromatic carbocycles. The first kappa shape index (κ1) is 16.9. The van der Waals surface area contributed by atoms with Crippen LogP contribution in [0.15, 0.2) is 24.3 Å². The van der Waals surface area contributed by atoms with Gasteiger partial charge in [-0.1, -0.05) is 30.9 Å². The molecule has 1 saturated heterocycles. The molecular weight excluding hydrogens is 330 g/mol. The molecule has 130 valence electrons. The average molecular weight is 352 g/mol. The molecule has 0 spiro atoms. The third-order valence-corrected chi connectivity index (χ3v) is 4.70. The smallest absolute Gasteiger partial charge is 0.414 e. The molecule has 3 amide bonds.